The number of ether oxygens (including phenoxy) is 1. The zero-order chi connectivity index (χ0) is 22.3. The van der Waals surface area contributed by atoms with Crippen LogP contribution < -0.4 is 15.5 Å². The van der Waals surface area contributed by atoms with Crippen LogP contribution in [0.5, 0.6) is 0 Å². The van der Waals surface area contributed by atoms with Gasteiger partial charge in [0.25, 0.3) is 0 Å². The second-order valence-electron chi connectivity index (χ2n) is 7.89. The van der Waals surface area contributed by atoms with Crippen molar-refractivity contribution in [1.29, 1.82) is 0 Å². The number of anilines is 3. The van der Waals surface area contributed by atoms with Crippen LogP contribution in [0.15, 0.2) is 48.8 Å². The number of rotatable bonds is 8. The topological polar surface area (TPSA) is 74.7 Å². The largest absolute Gasteiger partial charge is 0.378 e. The average molecular weight is 437 g/mol. The molecule has 2 aromatic heterocycles. The number of morpholine rings is 1. The highest BCUT2D eigenvalue weighted by molar-refractivity contribution is 6.01. The Morgan fingerprint density at radius 2 is 1.81 bits per heavy atom. The number of urea groups is 1. The van der Waals surface area contributed by atoms with E-state index in [1.807, 2.05) is 24.3 Å². The van der Waals surface area contributed by atoms with E-state index in [1.165, 1.54) is 5.52 Å². The summed E-state index contributed by atoms with van der Waals surface area (Å²) >= 11 is 0. The van der Waals surface area contributed by atoms with Gasteiger partial charge in [-0.05, 0) is 49.5 Å². The summed E-state index contributed by atoms with van der Waals surface area (Å²) in [6, 6.07) is 11.6. The molecule has 0 radical (unpaired) electrons. The number of hydrogen-bond donors (Lipinski definition) is 2. The SMILES string of the molecule is CCN(CC)CCn1ccc2cc(NC(=O)Nc3ccc(N4CCOCC4)nc3)ccc21. The highest BCUT2D eigenvalue weighted by atomic mass is 16.5. The number of fused-ring (bicyclic) bond motifs is 1. The summed E-state index contributed by atoms with van der Waals surface area (Å²) in [5.41, 5.74) is 2.59. The van der Waals surface area contributed by atoms with Crippen molar-refractivity contribution in [2.24, 2.45) is 0 Å². The number of nitrogens with one attached hydrogen (secondary N) is 2. The normalized spacial score (nSPS) is 14.2. The smallest absolute Gasteiger partial charge is 0.323 e. The van der Waals surface area contributed by atoms with Crippen LogP contribution in [0.4, 0.5) is 22.0 Å². The van der Waals surface area contributed by atoms with E-state index in [0.717, 1.165) is 56.2 Å². The number of likely N-dealkylation sites (N-methyl/N-ethyl adjacent to an activating group) is 1. The molecule has 8 heteroatoms. The standard InChI is InChI=1S/C24H32N6O2/c1-3-28(4-2)11-12-29-10-9-19-17-20(5-7-22(19)29)26-24(31)27-21-6-8-23(25-18-21)30-13-15-32-16-14-30/h5-10,17-18H,3-4,11-16H2,1-2H3,(H2,26,27,31). The third kappa shape index (κ3) is 5.38. The Hall–Kier alpha value is -3.10. The second kappa shape index (κ2) is 10.5. The lowest BCUT2D eigenvalue weighted by Crippen LogP contribution is -2.36. The van der Waals surface area contributed by atoms with Gasteiger partial charge < -0.3 is 29.7 Å². The Kier molecular flexibility index (Phi) is 7.24. The molecule has 0 atom stereocenters. The molecule has 1 aliphatic rings. The maximum atomic E-state index is 12.5. The summed E-state index contributed by atoms with van der Waals surface area (Å²) in [5, 5.41) is 6.88. The average Bonchev–Trinajstić information content (AvgIpc) is 3.23. The maximum absolute atomic E-state index is 12.5. The van der Waals surface area contributed by atoms with Crippen LogP contribution in [-0.4, -0.2) is 66.4 Å². The van der Waals surface area contributed by atoms with Gasteiger partial charge in [0.2, 0.25) is 0 Å². The Balaban J connectivity index is 1.34. The molecule has 8 nitrogen and oxygen atoms in total. The molecule has 3 heterocycles. The Labute approximate surface area is 189 Å². The molecule has 170 valence electrons. The molecular formula is C24H32N6O2. The summed E-state index contributed by atoms with van der Waals surface area (Å²) in [7, 11) is 0. The minimum atomic E-state index is -0.286. The van der Waals surface area contributed by atoms with Gasteiger partial charge in [0.05, 0.1) is 25.1 Å². The van der Waals surface area contributed by atoms with Crippen LogP contribution in [0.2, 0.25) is 0 Å². The lowest BCUT2D eigenvalue weighted by molar-refractivity contribution is 0.122. The maximum Gasteiger partial charge on any atom is 0.323 e. The zero-order valence-electron chi connectivity index (χ0n) is 18.9. The lowest BCUT2D eigenvalue weighted by Gasteiger charge is -2.27. The Morgan fingerprint density at radius 1 is 1.06 bits per heavy atom. The predicted molar refractivity (Wildman–Crippen MR) is 130 cm³/mol. The van der Waals surface area contributed by atoms with Gasteiger partial charge in [-0.3, -0.25) is 0 Å². The van der Waals surface area contributed by atoms with Crippen molar-refractivity contribution in [1.82, 2.24) is 14.5 Å². The van der Waals surface area contributed by atoms with E-state index in [9.17, 15) is 4.79 Å². The quantitative estimate of drug-likeness (QED) is 0.561. The fourth-order valence-electron chi connectivity index (χ4n) is 3.99. The molecule has 0 unspecified atom stereocenters. The molecule has 0 bridgehead atoms. The summed E-state index contributed by atoms with van der Waals surface area (Å²) in [6.07, 6.45) is 3.79. The number of amides is 2. The molecule has 1 fully saturated rings. The van der Waals surface area contributed by atoms with Gasteiger partial charge in [-0.1, -0.05) is 13.8 Å². The van der Waals surface area contributed by atoms with Gasteiger partial charge in [-0.2, -0.15) is 0 Å². The molecule has 32 heavy (non-hydrogen) atoms. The fraction of sp³-hybridized carbons (Fsp3) is 0.417. The van der Waals surface area contributed by atoms with E-state index >= 15 is 0 Å². The van der Waals surface area contributed by atoms with Crippen LogP contribution in [0, 0.1) is 0 Å². The number of carbonyl (C=O) groups excluding carboxylic acids is 1. The molecule has 2 N–H and O–H groups in total. The first-order valence-electron chi connectivity index (χ1n) is 11.3. The van der Waals surface area contributed by atoms with Gasteiger partial charge >= 0.3 is 6.03 Å². The van der Waals surface area contributed by atoms with Crippen LogP contribution in [-0.2, 0) is 11.3 Å². The molecule has 4 rings (SSSR count). The summed E-state index contributed by atoms with van der Waals surface area (Å²) < 4.78 is 7.64. The predicted octanol–water partition coefficient (Wildman–Crippen LogP) is 3.86. The molecule has 3 aromatic rings. The van der Waals surface area contributed by atoms with Crippen molar-refractivity contribution in [2.75, 3.05) is 61.5 Å². The van der Waals surface area contributed by atoms with Crippen LogP contribution in [0.1, 0.15) is 13.8 Å². The molecule has 1 aromatic carbocycles. The van der Waals surface area contributed by atoms with Crippen LogP contribution in [0.25, 0.3) is 10.9 Å². The Bertz CT molecular complexity index is 1020. The highest BCUT2D eigenvalue weighted by Gasteiger charge is 2.12. The first kappa shape index (κ1) is 22.1. The Morgan fingerprint density at radius 3 is 2.53 bits per heavy atom. The number of benzene rings is 1. The molecule has 1 aliphatic heterocycles. The van der Waals surface area contributed by atoms with Gasteiger partial charge in [0, 0.05) is 49.0 Å². The van der Waals surface area contributed by atoms with Crippen molar-refractivity contribution in [3.63, 3.8) is 0 Å². The van der Waals surface area contributed by atoms with Crippen molar-refractivity contribution in [3.8, 4) is 0 Å². The number of hydrogen-bond acceptors (Lipinski definition) is 5. The molecule has 0 spiro atoms. The summed E-state index contributed by atoms with van der Waals surface area (Å²) in [4.78, 5) is 21.5. The number of nitrogens with zero attached hydrogens (tertiary/aromatic N) is 4. The third-order valence-electron chi connectivity index (χ3n) is 5.92. The van der Waals surface area contributed by atoms with Crippen molar-refractivity contribution in [3.05, 3.63) is 48.8 Å². The van der Waals surface area contributed by atoms with E-state index in [4.69, 9.17) is 4.74 Å². The monoisotopic (exact) mass is 436 g/mol. The third-order valence-corrected chi connectivity index (χ3v) is 5.92. The van der Waals surface area contributed by atoms with Gasteiger partial charge in [0.1, 0.15) is 5.82 Å². The molecule has 1 saturated heterocycles. The van der Waals surface area contributed by atoms with E-state index in [1.54, 1.807) is 6.20 Å². The molecule has 0 aliphatic carbocycles. The molecular weight excluding hydrogens is 404 g/mol. The second-order valence-corrected chi connectivity index (χ2v) is 7.89. The van der Waals surface area contributed by atoms with Crippen molar-refractivity contribution >= 4 is 34.1 Å². The van der Waals surface area contributed by atoms with Crippen LogP contribution in [0.3, 0.4) is 0 Å². The highest BCUT2D eigenvalue weighted by Crippen LogP contribution is 2.21. The van der Waals surface area contributed by atoms with Gasteiger partial charge in [-0.25, -0.2) is 9.78 Å². The first-order chi connectivity index (χ1) is 15.7. The van der Waals surface area contributed by atoms with E-state index in [0.29, 0.717) is 18.9 Å². The van der Waals surface area contributed by atoms with Gasteiger partial charge in [-0.15, -0.1) is 0 Å². The number of aromatic nitrogens is 2. The van der Waals surface area contributed by atoms with E-state index in [-0.39, 0.29) is 6.03 Å². The first-order valence-corrected chi connectivity index (χ1v) is 11.3. The number of carbonyl (C=O) groups is 1. The number of pyridine rings is 1. The minimum Gasteiger partial charge on any atom is -0.378 e. The van der Waals surface area contributed by atoms with Crippen molar-refractivity contribution < 1.29 is 9.53 Å². The summed E-state index contributed by atoms with van der Waals surface area (Å²) in [5.74, 6) is 0.898. The van der Waals surface area contributed by atoms with Gasteiger partial charge in [0.15, 0.2) is 0 Å². The zero-order valence-corrected chi connectivity index (χ0v) is 18.9. The summed E-state index contributed by atoms with van der Waals surface area (Å²) in [6.45, 7) is 11.6. The van der Waals surface area contributed by atoms with Crippen molar-refractivity contribution in [2.45, 2.75) is 20.4 Å². The van der Waals surface area contributed by atoms with E-state index in [2.05, 4.69) is 62.2 Å². The van der Waals surface area contributed by atoms with E-state index < -0.39 is 0 Å². The molecule has 2 amide bonds. The lowest BCUT2D eigenvalue weighted by atomic mass is 10.2. The molecule has 0 saturated carbocycles. The minimum absolute atomic E-state index is 0.286. The van der Waals surface area contributed by atoms with Crippen LogP contribution >= 0.6 is 0 Å². The fourth-order valence-corrected chi connectivity index (χ4v) is 3.99.